The zero-order chi connectivity index (χ0) is 19.5. The fourth-order valence-corrected chi connectivity index (χ4v) is 3.96. The summed E-state index contributed by atoms with van der Waals surface area (Å²) in [4.78, 5) is 14.6. The topological polar surface area (TPSA) is 56.4 Å². The highest BCUT2D eigenvalue weighted by atomic mass is 19.1. The molecule has 1 amide bonds. The normalized spacial score (nSPS) is 23.6. The van der Waals surface area contributed by atoms with Crippen molar-refractivity contribution in [3.8, 4) is 0 Å². The first-order valence-electron chi connectivity index (χ1n) is 9.66. The van der Waals surface area contributed by atoms with Crippen LogP contribution in [0.4, 0.5) is 8.78 Å². The van der Waals surface area contributed by atoms with E-state index in [1.54, 1.807) is 12.1 Å². The number of carbonyl (C=O) groups is 1. The summed E-state index contributed by atoms with van der Waals surface area (Å²) in [5.74, 6) is -1.08. The molecule has 2 atom stereocenters. The Bertz CT molecular complexity index is 821. The average Bonchev–Trinajstić information content (AvgIpc) is 3.19. The van der Waals surface area contributed by atoms with E-state index in [1.807, 2.05) is 12.1 Å². The van der Waals surface area contributed by atoms with Crippen molar-refractivity contribution in [3.63, 3.8) is 0 Å². The molecule has 3 N–H and O–H groups in total. The number of rotatable bonds is 4. The maximum absolute atomic E-state index is 13.8. The average molecular weight is 386 g/mol. The number of nitrogens with zero attached hydrogens (tertiary/aromatic N) is 1. The monoisotopic (exact) mass is 386 g/mol. The molecule has 2 aromatic rings. The van der Waals surface area contributed by atoms with E-state index < -0.39 is 5.82 Å². The highest BCUT2D eigenvalue weighted by molar-refractivity contribution is 5.94. The van der Waals surface area contributed by atoms with Crippen LogP contribution in [0.2, 0.25) is 0 Å². The van der Waals surface area contributed by atoms with Crippen molar-refractivity contribution in [2.75, 3.05) is 13.1 Å². The van der Waals surface area contributed by atoms with Crippen molar-refractivity contribution in [2.24, 2.45) is 0 Å². The van der Waals surface area contributed by atoms with Gasteiger partial charge < -0.3 is 5.32 Å². The number of piperidine rings is 1. The predicted molar refractivity (Wildman–Crippen MR) is 102 cm³/mol. The van der Waals surface area contributed by atoms with E-state index in [2.05, 4.69) is 21.1 Å². The Labute approximate surface area is 163 Å². The van der Waals surface area contributed by atoms with Gasteiger partial charge in [-0.05, 0) is 49.1 Å². The fourth-order valence-electron chi connectivity index (χ4n) is 3.96. The van der Waals surface area contributed by atoms with Crippen LogP contribution in [0, 0.1) is 11.6 Å². The lowest BCUT2D eigenvalue weighted by Crippen LogP contribution is -2.51. The maximum atomic E-state index is 13.8. The number of amides is 1. The SMILES string of the molecule is O=C(NC1CCN(C2CC(c3ccc(F)cc3)NN2)CC1)c1ccccc1F. The minimum absolute atomic E-state index is 0.0469. The van der Waals surface area contributed by atoms with Crippen molar-refractivity contribution >= 4 is 5.91 Å². The number of nitrogens with one attached hydrogen (secondary N) is 3. The molecule has 0 saturated carbocycles. The molecule has 2 saturated heterocycles. The van der Waals surface area contributed by atoms with Crippen LogP contribution in [0.25, 0.3) is 0 Å². The largest absolute Gasteiger partial charge is 0.349 e. The lowest BCUT2D eigenvalue weighted by Gasteiger charge is -2.35. The van der Waals surface area contributed by atoms with Gasteiger partial charge in [-0.3, -0.25) is 9.69 Å². The zero-order valence-electron chi connectivity index (χ0n) is 15.5. The molecule has 2 unspecified atom stereocenters. The van der Waals surface area contributed by atoms with Gasteiger partial charge in [0.25, 0.3) is 5.91 Å². The van der Waals surface area contributed by atoms with E-state index in [4.69, 9.17) is 0 Å². The smallest absolute Gasteiger partial charge is 0.254 e. The molecule has 2 heterocycles. The number of hydrazine groups is 1. The molecule has 2 fully saturated rings. The first kappa shape index (κ1) is 19.0. The molecule has 0 aliphatic carbocycles. The molecule has 7 heteroatoms. The number of carbonyl (C=O) groups excluding carboxylic acids is 1. The third-order valence-corrected chi connectivity index (χ3v) is 5.58. The van der Waals surface area contributed by atoms with E-state index in [0.29, 0.717) is 0 Å². The van der Waals surface area contributed by atoms with E-state index >= 15 is 0 Å². The second-order valence-electron chi connectivity index (χ2n) is 7.41. The van der Waals surface area contributed by atoms with Crippen molar-refractivity contribution < 1.29 is 13.6 Å². The minimum atomic E-state index is -0.495. The Hall–Kier alpha value is -2.35. The van der Waals surface area contributed by atoms with Crippen LogP contribution in [-0.4, -0.2) is 36.1 Å². The van der Waals surface area contributed by atoms with Gasteiger partial charge in [-0.1, -0.05) is 24.3 Å². The van der Waals surface area contributed by atoms with Gasteiger partial charge in [0.15, 0.2) is 0 Å². The molecular weight excluding hydrogens is 362 g/mol. The van der Waals surface area contributed by atoms with Crippen molar-refractivity contribution in [1.29, 1.82) is 0 Å². The third kappa shape index (κ3) is 4.22. The molecule has 5 nitrogen and oxygen atoms in total. The summed E-state index contributed by atoms with van der Waals surface area (Å²) in [7, 11) is 0. The van der Waals surface area contributed by atoms with Crippen LogP contribution in [0.15, 0.2) is 48.5 Å². The van der Waals surface area contributed by atoms with Crippen LogP contribution in [-0.2, 0) is 0 Å². The first-order chi connectivity index (χ1) is 13.6. The summed E-state index contributed by atoms with van der Waals surface area (Å²) in [6.45, 7) is 1.69. The highest BCUT2D eigenvalue weighted by Crippen LogP contribution is 2.26. The molecule has 2 aliphatic rings. The molecule has 2 aromatic carbocycles. The molecular formula is C21H24F2N4O. The van der Waals surface area contributed by atoms with Gasteiger partial charge in [-0.2, -0.15) is 0 Å². The van der Waals surface area contributed by atoms with Gasteiger partial charge in [0.1, 0.15) is 11.6 Å². The van der Waals surface area contributed by atoms with E-state index in [-0.39, 0.29) is 35.5 Å². The van der Waals surface area contributed by atoms with Gasteiger partial charge in [-0.25, -0.2) is 19.6 Å². The summed E-state index contributed by atoms with van der Waals surface area (Å²) in [6.07, 6.45) is 2.72. The summed E-state index contributed by atoms with van der Waals surface area (Å²) >= 11 is 0. The Morgan fingerprint density at radius 1 is 1.00 bits per heavy atom. The Morgan fingerprint density at radius 3 is 2.43 bits per heavy atom. The maximum Gasteiger partial charge on any atom is 0.254 e. The van der Waals surface area contributed by atoms with Crippen LogP contribution >= 0.6 is 0 Å². The zero-order valence-corrected chi connectivity index (χ0v) is 15.5. The lowest BCUT2D eigenvalue weighted by molar-refractivity contribution is 0.0876. The van der Waals surface area contributed by atoms with Crippen molar-refractivity contribution in [2.45, 2.75) is 37.5 Å². The third-order valence-electron chi connectivity index (χ3n) is 5.58. The van der Waals surface area contributed by atoms with E-state index in [9.17, 15) is 13.6 Å². The van der Waals surface area contributed by atoms with Gasteiger partial charge in [-0.15, -0.1) is 0 Å². The quantitative estimate of drug-likeness (QED) is 0.756. The van der Waals surface area contributed by atoms with Gasteiger partial charge >= 0.3 is 0 Å². The summed E-state index contributed by atoms with van der Waals surface area (Å²) in [6, 6.07) is 12.8. The molecule has 0 bridgehead atoms. The molecule has 28 heavy (non-hydrogen) atoms. The molecule has 4 rings (SSSR count). The Kier molecular flexibility index (Phi) is 5.66. The number of likely N-dealkylation sites (tertiary alicyclic amines) is 1. The summed E-state index contributed by atoms with van der Waals surface area (Å²) in [5, 5.41) is 2.95. The van der Waals surface area contributed by atoms with Crippen molar-refractivity contribution in [1.82, 2.24) is 21.1 Å². The van der Waals surface area contributed by atoms with Crippen LogP contribution < -0.4 is 16.2 Å². The Morgan fingerprint density at radius 2 is 1.71 bits per heavy atom. The fraction of sp³-hybridized carbons (Fsp3) is 0.381. The standard InChI is InChI=1S/C21H24F2N4O/c22-15-7-5-14(6-8-15)19-13-20(26-25-19)27-11-9-16(10-12-27)24-21(28)17-3-1-2-4-18(17)23/h1-8,16,19-20,25-26H,9-13H2,(H,24,28). The molecule has 148 valence electrons. The van der Waals surface area contributed by atoms with Crippen LogP contribution in [0.5, 0.6) is 0 Å². The van der Waals surface area contributed by atoms with Crippen LogP contribution in [0.1, 0.15) is 41.2 Å². The number of halogens is 2. The predicted octanol–water partition coefficient (Wildman–Crippen LogP) is 2.72. The minimum Gasteiger partial charge on any atom is -0.349 e. The Balaban J connectivity index is 1.27. The second-order valence-corrected chi connectivity index (χ2v) is 7.41. The highest BCUT2D eigenvalue weighted by Gasteiger charge is 2.32. The number of hydrogen-bond donors (Lipinski definition) is 3. The lowest BCUT2D eigenvalue weighted by atomic mass is 10.0. The molecule has 2 aliphatic heterocycles. The summed E-state index contributed by atoms with van der Waals surface area (Å²) < 4.78 is 26.9. The first-order valence-corrected chi connectivity index (χ1v) is 9.66. The van der Waals surface area contributed by atoms with Gasteiger partial charge in [0, 0.05) is 25.2 Å². The summed E-state index contributed by atoms with van der Waals surface area (Å²) in [5.41, 5.74) is 7.76. The molecule has 0 radical (unpaired) electrons. The van der Waals surface area contributed by atoms with E-state index in [0.717, 1.165) is 37.9 Å². The second kappa shape index (κ2) is 8.34. The molecule has 0 spiro atoms. The van der Waals surface area contributed by atoms with E-state index in [1.165, 1.54) is 24.3 Å². The number of benzene rings is 2. The van der Waals surface area contributed by atoms with Gasteiger partial charge in [0.2, 0.25) is 0 Å². The number of hydrogen-bond acceptors (Lipinski definition) is 4. The van der Waals surface area contributed by atoms with Crippen molar-refractivity contribution in [3.05, 3.63) is 71.3 Å². The van der Waals surface area contributed by atoms with Crippen LogP contribution in [0.3, 0.4) is 0 Å². The molecule has 0 aromatic heterocycles. The van der Waals surface area contributed by atoms with Gasteiger partial charge in [0.05, 0.1) is 11.7 Å².